The average molecular weight is 266 g/mol. The summed E-state index contributed by atoms with van der Waals surface area (Å²) >= 11 is 0. The molecule has 0 unspecified atom stereocenters. The first-order chi connectivity index (χ1) is 9.65. The minimum Gasteiger partial charge on any atom is -0.358 e. The first-order valence-electron chi connectivity index (χ1n) is 6.43. The number of benzene rings is 2. The number of hydrogen-bond acceptors (Lipinski definition) is 2. The summed E-state index contributed by atoms with van der Waals surface area (Å²) in [6, 6.07) is 15.7. The molecule has 0 bridgehead atoms. The van der Waals surface area contributed by atoms with Gasteiger partial charge in [-0.1, -0.05) is 42.5 Å². The summed E-state index contributed by atoms with van der Waals surface area (Å²) in [6.07, 6.45) is 0. The Morgan fingerprint density at radius 2 is 1.80 bits per heavy atom. The van der Waals surface area contributed by atoms with Crippen LogP contribution in [-0.4, -0.2) is 9.91 Å². The van der Waals surface area contributed by atoms with Gasteiger partial charge in [0.2, 0.25) is 6.54 Å². The van der Waals surface area contributed by atoms with Gasteiger partial charge >= 0.3 is 0 Å². The van der Waals surface area contributed by atoms with E-state index in [9.17, 15) is 10.1 Å². The van der Waals surface area contributed by atoms with Crippen molar-refractivity contribution in [2.75, 3.05) is 0 Å². The summed E-state index contributed by atoms with van der Waals surface area (Å²) in [7, 11) is 0. The molecule has 1 N–H and O–H groups in total. The quantitative estimate of drug-likeness (QED) is 0.577. The van der Waals surface area contributed by atoms with Gasteiger partial charge in [0.1, 0.15) is 0 Å². The van der Waals surface area contributed by atoms with E-state index >= 15 is 0 Å². The molecule has 4 heteroatoms. The number of hydrogen-bond donors (Lipinski definition) is 1. The number of H-pyrrole nitrogens is 1. The van der Waals surface area contributed by atoms with Crippen molar-refractivity contribution < 1.29 is 4.92 Å². The van der Waals surface area contributed by atoms with E-state index in [2.05, 4.69) is 11.1 Å². The molecular weight excluding hydrogens is 252 g/mol. The molecule has 2 aromatic carbocycles. The van der Waals surface area contributed by atoms with E-state index < -0.39 is 0 Å². The Hall–Kier alpha value is -2.62. The lowest BCUT2D eigenvalue weighted by atomic mass is 10.0. The van der Waals surface area contributed by atoms with Gasteiger partial charge in [0.15, 0.2) is 0 Å². The third-order valence-electron chi connectivity index (χ3n) is 3.45. The van der Waals surface area contributed by atoms with Crippen LogP contribution in [0.2, 0.25) is 0 Å². The molecule has 3 aromatic rings. The van der Waals surface area contributed by atoms with E-state index in [0.717, 1.165) is 27.9 Å². The van der Waals surface area contributed by atoms with Crippen LogP contribution in [0.25, 0.3) is 22.0 Å². The summed E-state index contributed by atoms with van der Waals surface area (Å²) in [5, 5.41) is 11.7. The third kappa shape index (κ3) is 2.16. The molecule has 0 radical (unpaired) electrons. The van der Waals surface area contributed by atoms with Crippen LogP contribution in [0.5, 0.6) is 0 Å². The molecule has 0 aliphatic heterocycles. The van der Waals surface area contributed by atoms with Gasteiger partial charge in [-0.2, -0.15) is 0 Å². The summed E-state index contributed by atoms with van der Waals surface area (Å²) in [5.74, 6) is 0. The molecule has 0 saturated carbocycles. The van der Waals surface area contributed by atoms with Crippen LogP contribution in [0.3, 0.4) is 0 Å². The summed E-state index contributed by atoms with van der Waals surface area (Å²) in [4.78, 5) is 13.6. The smallest absolute Gasteiger partial charge is 0.228 e. The van der Waals surface area contributed by atoms with E-state index in [1.807, 2.05) is 49.4 Å². The van der Waals surface area contributed by atoms with Gasteiger partial charge in [0.05, 0.1) is 0 Å². The van der Waals surface area contributed by atoms with Crippen LogP contribution in [-0.2, 0) is 6.54 Å². The van der Waals surface area contributed by atoms with Crippen molar-refractivity contribution in [1.29, 1.82) is 0 Å². The van der Waals surface area contributed by atoms with Crippen LogP contribution in [0.4, 0.5) is 0 Å². The third-order valence-corrected chi connectivity index (χ3v) is 3.45. The van der Waals surface area contributed by atoms with E-state index in [4.69, 9.17) is 0 Å². The van der Waals surface area contributed by atoms with Gasteiger partial charge in [0.25, 0.3) is 0 Å². The largest absolute Gasteiger partial charge is 0.358 e. The number of nitrogens with zero attached hydrogens (tertiary/aromatic N) is 1. The van der Waals surface area contributed by atoms with Crippen molar-refractivity contribution in [2.24, 2.45) is 0 Å². The lowest BCUT2D eigenvalue weighted by Crippen LogP contribution is -1.97. The molecule has 4 nitrogen and oxygen atoms in total. The average Bonchev–Trinajstić information content (AvgIpc) is 2.75. The molecule has 0 aliphatic carbocycles. The molecule has 20 heavy (non-hydrogen) atoms. The molecule has 3 rings (SSSR count). The van der Waals surface area contributed by atoms with E-state index in [1.54, 1.807) is 0 Å². The monoisotopic (exact) mass is 266 g/mol. The topological polar surface area (TPSA) is 58.9 Å². The fourth-order valence-electron chi connectivity index (χ4n) is 2.57. The number of para-hydroxylation sites is 1. The van der Waals surface area contributed by atoms with Crippen LogP contribution < -0.4 is 0 Å². The second-order valence-electron chi connectivity index (χ2n) is 4.86. The molecular formula is C16H14N2O2. The number of nitrogens with one attached hydrogen (secondary N) is 1. The van der Waals surface area contributed by atoms with E-state index in [-0.39, 0.29) is 11.5 Å². The maximum absolute atomic E-state index is 10.5. The Morgan fingerprint density at radius 3 is 2.50 bits per heavy atom. The molecule has 0 fully saturated rings. The highest BCUT2D eigenvalue weighted by molar-refractivity contribution is 5.97. The minimum absolute atomic E-state index is 0.132. The van der Waals surface area contributed by atoms with Crippen molar-refractivity contribution in [2.45, 2.75) is 13.5 Å². The van der Waals surface area contributed by atoms with Crippen molar-refractivity contribution in [3.05, 3.63) is 69.9 Å². The van der Waals surface area contributed by atoms with E-state index in [0.29, 0.717) is 0 Å². The first kappa shape index (κ1) is 12.4. The van der Waals surface area contributed by atoms with Crippen LogP contribution in [0.1, 0.15) is 11.3 Å². The molecule has 1 heterocycles. The second kappa shape index (κ2) is 4.81. The van der Waals surface area contributed by atoms with Crippen LogP contribution >= 0.6 is 0 Å². The van der Waals surface area contributed by atoms with Gasteiger partial charge in [-0.3, -0.25) is 10.1 Å². The molecule has 100 valence electrons. The zero-order chi connectivity index (χ0) is 14.1. The molecule has 0 saturated heterocycles. The number of aromatic nitrogens is 1. The van der Waals surface area contributed by atoms with Gasteiger partial charge in [-0.25, -0.2) is 0 Å². The molecule has 0 amide bonds. The SMILES string of the molecule is Cc1[nH]c2ccccc2c1-c1ccc(C[N+](=O)[O-])cc1. The molecule has 0 atom stereocenters. The van der Waals surface area contributed by atoms with Crippen LogP contribution in [0, 0.1) is 17.0 Å². The van der Waals surface area contributed by atoms with Gasteiger partial charge in [-0.05, 0) is 18.6 Å². The maximum Gasteiger partial charge on any atom is 0.228 e. The Balaban J connectivity index is 2.07. The standard InChI is InChI=1S/C16H14N2O2/c1-11-16(14-4-2-3-5-15(14)17-11)13-8-6-12(7-9-13)10-18(19)20/h2-9,17H,10H2,1H3. The first-order valence-corrected chi connectivity index (χ1v) is 6.43. The molecule has 1 aromatic heterocycles. The van der Waals surface area contributed by atoms with Gasteiger partial charge in [-0.15, -0.1) is 0 Å². The van der Waals surface area contributed by atoms with Gasteiger partial charge < -0.3 is 4.98 Å². The highest BCUT2D eigenvalue weighted by Crippen LogP contribution is 2.32. The van der Waals surface area contributed by atoms with Crippen LogP contribution in [0.15, 0.2) is 48.5 Å². The zero-order valence-corrected chi connectivity index (χ0v) is 11.1. The molecule has 0 spiro atoms. The second-order valence-corrected chi connectivity index (χ2v) is 4.86. The Bertz CT molecular complexity index is 773. The normalized spacial score (nSPS) is 10.8. The highest BCUT2D eigenvalue weighted by atomic mass is 16.6. The van der Waals surface area contributed by atoms with Crippen molar-refractivity contribution in [1.82, 2.24) is 4.98 Å². The Kier molecular flexibility index (Phi) is 2.99. The Morgan fingerprint density at radius 1 is 1.10 bits per heavy atom. The van der Waals surface area contributed by atoms with E-state index in [1.165, 1.54) is 5.39 Å². The van der Waals surface area contributed by atoms with Crippen molar-refractivity contribution in [3.63, 3.8) is 0 Å². The maximum atomic E-state index is 10.5. The Labute approximate surface area is 116 Å². The summed E-state index contributed by atoms with van der Waals surface area (Å²) < 4.78 is 0. The number of nitro groups is 1. The lowest BCUT2D eigenvalue weighted by Gasteiger charge is -2.03. The fraction of sp³-hybridized carbons (Fsp3) is 0.125. The van der Waals surface area contributed by atoms with Gasteiger partial charge in [0, 0.05) is 32.6 Å². The predicted molar refractivity (Wildman–Crippen MR) is 79.2 cm³/mol. The van der Waals surface area contributed by atoms with Crippen molar-refractivity contribution in [3.8, 4) is 11.1 Å². The summed E-state index contributed by atoms with van der Waals surface area (Å²) in [6.45, 7) is 1.91. The number of fused-ring (bicyclic) bond motifs is 1. The molecule has 0 aliphatic rings. The number of aromatic amines is 1. The fourth-order valence-corrected chi connectivity index (χ4v) is 2.57. The summed E-state index contributed by atoms with van der Waals surface area (Å²) in [5.41, 5.74) is 5.17. The highest BCUT2D eigenvalue weighted by Gasteiger charge is 2.10. The number of rotatable bonds is 3. The zero-order valence-electron chi connectivity index (χ0n) is 11.1. The van der Waals surface area contributed by atoms with Crippen molar-refractivity contribution >= 4 is 10.9 Å². The lowest BCUT2D eigenvalue weighted by molar-refractivity contribution is -0.496. The number of aryl methyl sites for hydroxylation is 1. The predicted octanol–water partition coefficient (Wildman–Crippen LogP) is 3.92. The minimum atomic E-state index is -0.314.